The molecule has 0 saturated heterocycles. The van der Waals surface area contributed by atoms with Crippen molar-refractivity contribution in [2.24, 2.45) is 11.8 Å². The van der Waals surface area contributed by atoms with Crippen LogP contribution in [0.4, 0.5) is 10.1 Å². The summed E-state index contributed by atoms with van der Waals surface area (Å²) in [6.07, 6.45) is 5.74. The summed E-state index contributed by atoms with van der Waals surface area (Å²) in [6, 6.07) is 23.9. The number of carbonyl (C=O) groups is 1. The number of hydrogen-bond donors (Lipinski definition) is 1. The number of benzene rings is 3. The standard InChI is InChI=1S/C30H29FN2O2/c1-20(30(34)33-24-12-14-26(15-13-24)35-25-5-3-2-4-6-25)21-7-9-22(10-8-21)27-17-18-32-29-16-11-23(31)19-28(27)29/h2-6,11-22H,7-10H2,1H3,(H,33,34). The summed E-state index contributed by atoms with van der Waals surface area (Å²) in [6.45, 7) is 2.02. The molecule has 1 N–H and O–H groups in total. The van der Waals surface area contributed by atoms with Crippen molar-refractivity contribution in [3.8, 4) is 11.5 Å². The molecule has 0 aliphatic heterocycles. The second-order valence-electron chi connectivity index (χ2n) is 9.39. The topological polar surface area (TPSA) is 51.2 Å². The van der Waals surface area contributed by atoms with Crippen molar-refractivity contribution >= 4 is 22.5 Å². The normalized spacial score (nSPS) is 18.7. The number of fused-ring (bicyclic) bond motifs is 1. The zero-order valence-electron chi connectivity index (χ0n) is 19.8. The average molecular weight is 469 g/mol. The van der Waals surface area contributed by atoms with Gasteiger partial charge < -0.3 is 10.1 Å². The lowest BCUT2D eigenvalue weighted by Gasteiger charge is -2.32. The molecule has 1 fully saturated rings. The minimum atomic E-state index is -0.231. The van der Waals surface area contributed by atoms with Gasteiger partial charge in [-0.25, -0.2) is 4.39 Å². The van der Waals surface area contributed by atoms with Crippen LogP contribution in [0.2, 0.25) is 0 Å². The Morgan fingerprint density at radius 2 is 1.66 bits per heavy atom. The van der Waals surface area contributed by atoms with Crippen molar-refractivity contribution in [3.05, 3.63) is 96.4 Å². The van der Waals surface area contributed by atoms with Gasteiger partial charge in [-0.1, -0.05) is 25.1 Å². The maximum atomic E-state index is 13.9. The van der Waals surface area contributed by atoms with Crippen LogP contribution in [0.3, 0.4) is 0 Å². The lowest BCUT2D eigenvalue weighted by Crippen LogP contribution is -2.29. The van der Waals surface area contributed by atoms with E-state index in [1.54, 1.807) is 12.1 Å². The van der Waals surface area contributed by atoms with Gasteiger partial charge in [0.25, 0.3) is 0 Å². The molecule has 5 heteroatoms. The minimum absolute atomic E-state index is 0.0432. The molecule has 1 saturated carbocycles. The highest BCUT2D eigenvalue weighted by Gasteiger charge is 2.30. The van der Waals surface area contributed by atoms with Gasteiger partial charge in [0.1, 0.15) is 17.3 Å². The van der Waals surface area contributed by atoms with E-state index in [0.29, 0.717) is 11.8 Å². The van der Waals surface area contributed by atoms with Crippen molar-refractivity contribution in [1.29, 1.82) is 0 Å². The molecule has 1 atom stereocenters. The number of anilines is 1. The Balaban J connectivity index is 1.17. The maximum Gasteiger partial charge on any atom is 0.227 e. The Hall–Kier alpha value is -3.73. The van der Waals surface area contributed by atoms with Crippen molar-refractivity contribution in [3.63, 3.8) is 0 Å². The molecule has 1 amide bonds. The number of carbonyl (C=O) groups excluding carboxylic acids is 1. The van der Waals surface area contributed by atoms with Crippen molar-refractivity contribution in [2.75, 3.05) is 5.32 Å². The molecule has 35 heavy (non-hydrogen) atoms. The Morgan fingerprint density at radius 3 is 2.40 bits per heavy atom. The summed E-state index contributed by atoms with van der Waals surface area (Å²) in [5.41, 5.74) is 2.77. The fraction of sp³-hybridized carbons (Fsp3) is 0.267. The monoisotopic (exact) mass is 468 g/mol. The number of pyridine rings is 1. The quantitative estimate of drug-likeness (QED) is 0.315. The van der Waals surface area contributed by atoms with Crippen LogP contribution in [0.5, 0.6) is 11.5 Å². The van der Waals surface area contributed by atoms with Gasteiger partial charge in [-0.05, 0) is 104 Å². The Labute approximate surface area is 205 Å². The Kier molecular flexibility index (Phi) is 6.75. The van der Waals surface area contributed by atoms with E-state index in [-0.39, 0.29) is 17.6 Å². The van der Waals surface area contributed by atoms with E-state index in [4.69, 9.17) is 4.74 Å². The van der Waals surface area contributed by atoms with Crippen LogP contribution < -0.4 is 10.1 Å². The molecule has 5 rings (SSSR count). The van der Waals surface area contributed by atoms with E-state index in [9.17, 15) is 9.18 Å². The van der Waals surface area contributed by atoms with Crippen molar-refractivity contribution < 1.29 is 13.9 Å². The van der Waals surface area contributed by atoms with E-state index in [2.05, 4.69) is 10.3 Å². The van der Waals surface area contributed by atoms with Crippen molar-refractivity contribution in [1.82, 2.24) is 4.98 Å². The molecule has 0 bridgehead atoms. The van der Waals surface area contributed by atoms with Crippen LogP contribution in [0.15, 0.2) is 85.1 Å². The van der Waals surface area contributed by atoms with Crippen LogP contribution in [0.1, 0.15) is 44.1 Å². The van der Waals surface area contributed by atoms with E-state index in [1.807, 2.05) is 73.8 Å². The zero-order valence-corrected chi connectivity index (χ0v) is 19.8. The van der Waals surface area contributed by atoms with Gasteiger partial charge >= 0.3 is 0 Å². The molecule has 1 unspecified atom stereocenters. The third kappa shape index (κ3) is 5.35. The molecule has 4 aromatic rings. The molecule has 178 valence electrons. The first-order chi connectivity index (χ1) is 17.1. The Bertz CT molecular complexity index is 1300. The molecule has 1 heterocycles. The van der Waals surface area contributed by atoms with Crippen LogP contribution in [0, 0.1) is 17.7 Å². The van der Waals surface area contributed by atoms with Crippen LogP contribution in [-0.4, -0.2) is 10.9 Å². The highest BCUT2D eigenvalue weighted by molar-refractivity contribution is 5.92. The lowest BCUT2D eigenvalue weighted by atomic mass is 9.73. The molecule has 0 radical (unpaired) electrons. The van der Waals surface area contributed by atoms with Gasteiger partial charge in [0, 0.05) is 23.2 Å². The van der Waals surface area contributed by atoms with E-state index in [1.165, 1.54) is 11.6 Å². The predicted molar refractivity (Wildman–Crippen MR) is 137 cm³/mol. The lowest BCUT2D eigenvalue weighted by molar-refractivity contribution is -0.121. The average Bonchev–Trinajstić information content (AvgIpc) is 2.90. The number of rotatable bonds is 6. The SMILES string of the molecule is CC(C(=O)Nc1ccc(Oc2ccccc2)cc1)C1CCC(c2ccnc3ccc(F)cc23)CC1. The van der Waals surface area contributed by atoms with Gasteiger partial charge in [0.2, 0.25) is 5.91 Å². The first kappa shape index (κ1) is 23.0. The predicted octanol–water partition coefficient (Wildman–Crippen LogP) is 7.71. The Morgan fingerprint density at radius 1 is 0.943 bits per heavy atom. The summed E-state index contributed by atoms with van der Waals surface area (Å²) >= 11 is 0. The summed E-state index contributed by atoms with van der Waals surface area (Å²) in [5.74, 6) is 1.93. The van der Waals surface area contributed by atoms with Gasteiger partial charge in [-0.2, -0.15) is 0 Å². The third-order valence-electron chi connectivity index (χ3n) is 7.17. The fourth-order valence-electron chi connectivity index (χ4n) is 5.13. The number of ether oxygens (including phenoxy) is 1. The highest BCUT2D eigenvalue weighted by Crippen LogP contribution is 2.41. The smallest absolute Gasteiger partial charge is 0.227 e. The highest BCUT2D eigenvalue weighted by atomic mass is 19.1. The van der Waals surface area contributed by atoms with Crippen LogP contribution in [0.25, 0.3) is 10.9 Å². The zero-order chi connectivity index (χ0) is 24.2. The van der Waals surface area contributed by atoms with Gasteiger partial charge in [0.15, 0.2) is 0 Å². The second-order valence-corrected chi connectivity index (χ2v) is 9.39. The van der Waals surface area contributed by atoms with E-state index < -0.39 is 0 Å². The molecule has 1 aliphatic rings. The first-order valence-corrected chi connectivity index (χ1v) is 12.2. The number of nitrogens with one attached hydrogen (secondary N) is 1. The molecule has 4 nitrogen and oxygen atoms in total. The van der Waals surface area contributed by atoms with Gasteiger partial charge in [0.05, 0.1) is 5.52 Å². The minimum Gasteiger partial charge on any atom is -0.457 e. The van der Waals surface area contributed by atoms with Crippen LogP contribution in [-0.2, 0) is 4.79 Å². The molecule has 1 aromatic heterocycles. The molecular formula is C30H29FN2O2. The number of nitrogens with zero attached hydrogens (tertiary/aromatic N) is 1. The molecule has 3 aromatic carbocycles. The van der Waals surface area contributed by atoms with Gasteiger partial charge in [-0.3, -0.25) is 9.78 Å². The number of para-hydroxylation sites is 1. The summed E-state index contributed by atoms with van der Waals surface area (Å²) < 4.78 is 19.7. The number of amides is 1. The first-order valence-electron chi connectivity index (χ1n) is 12.2. The summed E-state index contributed by atoms with van der Waals surface area (Å²) in [4.78, 5) is 17.3. The molecule has 0 spiro atoms. The molecule has 1 aliphatic carbocycles. The fourth-order valence-corrected chi connectivity index (χ4v) is 5.13. The van der Waals surface area contributed by atoms with Crippen molar-refractivity contribution in [2.45, 2.75) is 38.5 Å². The maximum absolute atomic E-state index is 13.9. The number of hydrogen-bond acceptors (Lipinski definition) is 3. The summed E-state index contributed by atoms with van der Waals surface area (Å²) in [7, 11) is 0. The summed E-state index contributed by atoms with van der Waals surface area (Å²) in [5, 5.41) is 3.96. The largest absolute Gasteiger partial charge is 0.457 e. The van der Waals surface area contributed by atoms with Crippen LogP contribution >= 0.6 is 0 Å². The van der Waals surface area contributed by atoms with E-state index in [0.717, 1.165) is 53.8 Å². The van der Waals surface area contributed by atoms with E-state index >= 15 is 0 Å². The van der Waals surface area contributed by atoms with Gasteiger partial charge in [-0.15, -0.1) is 0 Å². The number of aromatic nitrogens is 1. The molecular weight excluding hydrogens is 439 g/mol. The number of halogens is 1. The third-order valence-corrected chi connectivity index (χ3v) is 7.17. The second kappa shape index (κ2) is 10.3.